The van der Waals surface area contributed by atoms with Gasteiger partial charge in [-0.3, -0.25) is 0 Å². The molecule has 5 rings (SSSR count). The van der Waals surface area contributed by atoms with Gasteiger partial charge in [-0.25, -0.2) is 0 Å². The number of hydrogen-bond acceptors (Lipinski definition) is 1. The van der Waals surface area contributed by atoms with Crippen molar-refractivity contribution in [2.45, 2.75) is 133 Å². The molecule has 5 saturated carbocycles. The summed E-state index contributed by atoms with van der Waals surface area (Å²) in [5, 5.41) is 11.2. The van der Waals surface area contributed by atoms with Crippen molar-refractivity contribution in [3.8, 4) is 0 Å². The topological polar surface area (TPSA) is 20.2 Å². The molecule has 0 aromatic carbocycles. The van der Waals surface area contributed by atoms with Gasteiger partial charge in [0.1, 0.15) is 0 Å². The zero-order valence-electron chi connectivity index (χ0n) is 23.9. The smallest absolute Gasteiger partial charge is 0.0619 e. The summed E-state index contributed by atoms with van der Waals surface area (Å²) in [4.78, 5) is 0. The average Bonchev–Trinajstić information content (AvgIpc) is 2.65. The van der Waals surface area contributed by atoms with E-state index >= 15 is 0 Å². The second kappa shape index (κ2) is 7.04. The van der Waals surface area contributed by atoms with Crippen molar-refractivity contribution >= 4 is 0 Å². The van der Waals surface area contributed by atoms with Crippen LogP contribution in [-0.2, 0) is 0 Å². The van der Waals surface area contributed by atoms with E-state index in [-0.39, 0.29) is 11.5 Å². The maximum absolute atomic E-state index is 11.2. The molecule has 1 heteroatoms. The molecule has 0 heterocycles. The van der Waals surface area contributed by atoms with Crippen molar-refractivity contribution in [2.75, 3.05) is 0 Å². The molecule has 0 aromatic heterocycles. The van der Waals surface area contributed by atoms with E-state index in [9.17, 15) is 5.11 Å². The molecule has 5 fully saturated rings. The Kier molecular flexibility index (Phi) is 5.26. The molecule has 0 aliphatic heterocycles. The van der Waals surface area contributed by atoms with Crippen LogP contribution in [0, 0.1) is 68.0 Å². The fourth-order valence-corrected chi connectivity index (χ4v) is 13.5. The van der Waals surface area contributed by atoms with Crippen LogP contribution in [-0.4, -0.2) is 11.2 Å². The van der Waals surface area contributed by atoms with Crippen LogP contribution in [0.3, 0.4) is 0 Å². The molecule has 11 atom stereocenters. The van der Waals surface area contributed by atoms with Gasteiger partial charge in [0.2, 0.25) is 0 Å². The summed E-state index contributed by atoms with van der Waals surface area (Å²) in [6, 6.07) is 0. The van der Waals surface area contributed by atoms with Crippen LogP contribution in [0.1, 0.15) is 127 Å². The van der Waals surface area contributed by atoms with Crippen LogP contribution in [0.5, 0.6) is 0 Å². The van der Waals surface area contributed by atoms with E-state index in [1.54, 1.807) is 0 Å². The van der Waals surface area contributed by atoms with Crippen LogP contribution in [0.25, 0.3) is 0 Å². The number of hydrogen-bond donors (Lipinski definition) is 1. The lowest BCUT2D eigenvalue weighted by atomic mass is 9.30. The van der Waals surface area contributed by atoms with Gasteiger partial charge in [-0.1, -0.05) is 69.2 Å². The summed E-state index contributed by atoms with van der Waals surface area (Å²) in [5.41, 5.74) is 2.32. The van der Waals surface area contributed by atoms with E-state index in [0.29, 0.717) is 38.9 Å². The predicted octanol–water partition coefficient (Wildman–Crippen LogP) is 8.74. The molecule has 0 spiro atoms. The highest BCUT2D eigenvalue weighted by molar-refractivity contribution is 5.20. The zero-order chi connectivity index (χ0) is 24.4. The lowest BCUT2D eigenvalue weighted by Crippen LogP contribution is -2.69. The highest BCUT2D eigenvalue weighted by Gasteiger charge is 2.71. The number of fused-ring (bicyclic) bond motifs is 7. The molecule has 190 valence electrons. The van der Waals surface area contributed by atoms with E-state index in [2.05, 4.69) is 69.2 Å². The highest BCUT2D eigenvalue weighted by Crippen LogP contribution is 2.78. The Bertz CT molecular complexity index is 796. The molecule has 3 unspecified atom stereocenters. The normalized spacial score (nSPS) is 59.5. The number of aliphatic hydroxyl groups is 1. The SMILES string of the molecule is CC1CC(C)(C)[C@@H]2CC[C@]3(C)[C@H](CC[C@@H]4[C@@]5(C)CC(C)C(O)C(C)(C)[C@@H]5CC[C@]43C)[C@@]2(C)C1. The Hall–Kier alpha value is -0.0400. The van der Waals surface area contributed by atoms with Gasteiger partial charge in [0.05, 0.1) is 6.10 Å². The van der Waals surface area contributed by atoms with Gasteiger partial charge in [-0.2, -0.15) is 0 Å². The van der Waals surface area contributed by atoms with Crippen LogP contribution >= 0.6 is 0 Å². The molecule has 33 heavy (non-hydrogen) atoms. The van der Waals surface area contributed by atoms with Gasteiger partial charge in [0, 0.05) is 0 Å². The second-order valence-corrected chi connectivity index (χ2v) is 16.7. The molecule has 0 saturated heterocycles. The molecular formula is C32H56O. The van der Waals surface area contributed by atoms with Crippen LogP contribution in [0.2, 0.25) is 0 Å². The fourth-order valence-electron chi connectivity index (χ4n) is 13.5. The van der Waals surface area contributed by atoms with Crippen molar-refractivity contribution in [2.24, 2.45) is 68.0 Å². The molecule has 5 aliphatic carbocycles. The lowest BCUT2D eigenvalue weighted by molar-refractivity contribution is -0.271. The molecule has 5 aliphatic rings. The Morgan fingerprint density at radius 3 is 1.61 bits per heavy atom. The first kappa shape index (κ1) is 24.6. The van der Waals surface area contributed by atoms with Crippen LogP contribution in [0.4, 0.5) is 0 Å². The maximum Gasteiger partial charge on any atom is 0.0619 e. The summed E-state index contributed by atoms with van der Waals surface area (Å²) in [6.07, 6.45) is 12.5. The minimum absolute atomic E-state index is 0.0396. The standard InChI is InChI=1S/C32H56O/c1-20-17-27(3,4)22-13-15-31(9)24(29(22,7)18-20)11-12-25-30(8)19-21(2)26(33)28(5,6)23(30)14-16-32(25,31)10/h20-26,33H,11-19H2,1-10H3/t20?,21?,22-,23-,24+,25+,26?,29-,30-,31+,32+/m0/s1. The summed E-state index contributed by atoms with van der Waals surface area (Å²) < 4.78 is 0. The summed E-state index contributed by atoms with van der Waals surface area (Å²) in [6.45, 7) is 25.8. The van der Waals surface area contributed by atoms with Crippen molar-refractivity contribution in [3.63, 3.8) is 0 Å². The predicted molar refractivity (Wildman–Crippen MR) is 140 cm³/mol. The van der Waals surface area contributed by atoms with E-state index in [4.69, 9.17) is 0 Å². The minimum atomic E-state index is -0.146. The summed E-state index contributed by atoms with van der Waals surface area (Å²) in [7, 11) is 0. The molecule has 0 radical (unpaired) electrons. The highest BCUT2D eigenvalue weighted by atomic mass is 16.3. The van der Waals surface area contributed by atoms with Crippen LogP contribution in [0.15, 0.2) is 0 Å². The average molecular weight is 457 g/mol. The van der Waals surface area contributed by atoms with Gasteiger partial charge in [-0.15, -0.1) is 0 Å². The first-order chi connectivity index (χ1) is 15.0. The molecule has 0 amide bonds. The lowest BCUT2D eigenvalue weighted by Gasteiger charge is -2.75. The van der Waals surface area contributed by atoms with E-state index in [0.717, 1.165) is 23.7 Å². The van der Waals surface area contributed by atoms with Crippen molar-refractivity contribution in [1.29, 1.82) is 0 Å². The van der Waals surface area contributed by atoms with Gasteiger partial charge < -0.3 is 5.11 Å². The fraction of sp³-hybridized carbons (Fsp3) is 1.00. The van der Waals surface area contributed by atoms with E-state index in [1.807, 2.05) is 0 Å². The van der Waals surface area contributed by atoms with Gasteiger partial charge >= 0.3 is 0 Å². The van der Waals surface area contributed by atoms with E-state index in [1.165, 1.54) is 57.8 Å². The maximum atomic E-state index is 11.2. The third kappa shape index (κ3) is 2.93. The first-order valence-electron chi connectivity index (χ1n) is 14.7. The van der Waals surface area contributed by atoms with Crippen LogP contribution < -0.4 is 0 Å². The Balaban J connectivity index is 1.56. The number of rotatable bonds is 0. The molecule has 0 bridgehead atoms. The largest absolute Gasteiger partial charge is 0.392 e. The second-order valence-electron chi connectivity index (χ2n) is 16.7. The summed E-state index contributed by atoms with van der Waals surface area (Å²) in [5.74, 6) is 4.54. The third-order valence-corrected chi connectivity index (χ3v) is 14.2. The third-order valence-electron chi connectivity index (χ3n) is 14.2. The Labute approximate surface area is 206 Å². The summed E-state index contributed by atoms with van der Waals surface area (Å²) >= 11 is 0. The Morgan fingerprint density at radius 1 is 0.576 bits per heavy atom. The molecular weight excluding hydrogens is 400 g/mol. The minimum Gasteiger partial charge on any atom is -0.392 e. The van der Waals surface area contributed by atoms with Crippen molar-refractivity contribution < 1.29 is 5.11 Å². The van der Waals surface area contributed by atoms with Gasteiger partial charge in [0.15, 0.2) is 0 Å². The molecule has 1 nitrogen and oxygen atoms in total. The zero-order valence-corrected chi connectivity index (χ0v) is 23.9. The Morgan fingerprint density at radius 2 is 1.06 bits per heavy atom. The quantitative estimate of drug-likeness (QED) is 0.386. The molecule has 0 aromatic rings. The van der Waals surface area contributed by atoms with E-state index < -0.39 is 0 Å². The first-order valence-corrected chi connectivity index (χ1v) is 14.7. The van der Waals surface area contributed by atoms with Crippen molar-refractivity contribution in [1.82, 2.24) is 0 Å². The molecule has 1 N–H and O–H groups in total. The van der Waals surface area contributed by atoms with Gasteiger partial charge in [-0.05, 0) is 126 Å². The van der Waals surface area contributed by atoms with Crippen molar-refractivity contribution in [3.05, 3.63) is 0 Å². The number of aliphatic hydroxyl groups excluding tert-OH is 1. The van der Waals surface area contributed by atoms with Gasteiger partial charge in [0.25, 0.3) is 0 Å². The monoisotopic (exact) mass is 456 g/mol.